The fraction of sp³-hybridized carbons (Fsp3) is 0.381. The summed E-state index contributed by atoms with van der Waals surface area (Å²) in [5, 5.41) is 3.55. The zero-order valence-corrected chi connectivity index (χ0v) is 18.3. The smallest absolute Gasteiger partial charge is 0.246 e. The second-order valence-electron chi connectivity index (χ2n) is 7.28. The molecule has 0 spiro atoms. The van der Waals surface area contributed by atoms with E-state index in [1.54, 1.807) is 12.1 Å². The average molecular weight is 455 g/mol. The van der Waals surface area contributed by atoms with Crippen molar-refractivity contribution in [3.05, 3.63) is 58.9 Å². The molecule has 9 heteroatoms. The number of nitrogens with one attached hydrogen (secondary N) is 1. The third kappa shape index (κ3) is 4.94. The molecule has 1 aliphatic heterocycles. The number of piperidine rings is 1. The van der Waals surface area contributed by atoms with Crippen molar-refractivity contribution in [3.8, 4) is 5.75 Å². The maximum atomic E-state index is 13.7. The number of methoxy groups -OCH3 is 1. The van der Waals surface area contributed by atoms with Gasteiger partial charge >= 0.3 is 0 Å². The highest BCUT2D eigenvalue weighted by atomic mass is 35.5. The van der Waals surface area contributed by atoms with Crippen molar-refractivity contribution in [1.29, 1.82) is 0 Å². The van der Waals surface area contributed by atoms with Gasteiger partial charge in [-0.2, -0.15) is 4.31 Å². The molecule has 0 radical (unpaired) electrons. The molecule has 30 heavy (non-hydrogen) atoms. The SMILES string of the molecule is COc1ccc(F)cc1S(=O)(=O)N1CCC[C@@H](C(=O)N[C@H](C)c2ccc(Cl)cc2)C1. The van der Waals surface area contributed by atoms with Crippen LogP contribution in [0.15, 0.2) is 47.4 Å². The van der Waals surface area contributed by atoms with E-state index < -0.39 is 21.8 Å². The Hall–Kier alpha value is -2.16. The molecular weight excluding hydrogens is 431 g/mol. The van der Waals surface area contributed by atoms with Gasteiger partial charge in [-0.15, -0.1) is 0 Å². The molecule has 1 N–H and O–H groups in total. The number of hydrogen-bond donors (Lipinski definition) is 1. The number of nitrogens with zero attached hydrogens (tertiary/aromatic N) is 1. The molecule has 1 fully saturated rings. The van der Waals surface area contributed by atoms with Crippen LogP contribution in [0.4, 0.5) is 4.39 Å². The van der Waals surface area contributed by atoms with E-state index in [-0.39, 0.29) is 35.7 Å². The van der Waals surface area contributed by atoms with Gasteiger partial charge in [-0.1, -0.05) is 23.7 Å². The summed E-state index contributed by atoms with van der Waals surface area (Å²) in [5.41, 5.74) is 0.900. The highest BCUT2D eigenvalue weighted by Crippen LogP contribution is 2.30. The summed E-state index contributed by atoms with van der Waals surface area (Å²) in [6.45, 7) is 2.15. The van der Waals surface area contributed by atoms with Gasteiger partial charge in [-0.25, -0.2) is 12.8 Å². The van der Waals surface area contributed by atoms with Crippen LogP contribution in [-0.2, 0) is 14.8 Å². The summed E-state index contributed by atoms with van der Waals surface area (Å²) in [6, 6.07) is 10.3. The summed E-state index contributed by atoms with van der Waals surface area (Å²) in [6.07, 6.45) is 1.11. The molecule has 1 aliphatic rings. The Morgan fingerprint density at radius 1 is 1.27 bits per heavy atom. The van der Waals surface area contributed by atoms with E-state index in [9.17, 15) is 17.6 Å². The van der Waals surface area contributed by atoms with Crippen LogP contribution in [-0.4, -0.2) is 38.8 Å². The lowest BCUT2D eigenvalue weighted by Gasteiger charge is -2.32. The zero-order valence-electron chi connectivity index (χ0n) is 16.8. The standard InChI is InChI=1S/C21H24ClFN2O4S/c1-14(15-5-7-17(22)8-6-15)24-21(26)16-4-3-11-25(13-16)30(27,28)20-12-18(23)9-10-19(20)29-2/h5-10,12,14,16H,3-4,11,13H2,1-2H3,(H,24,26)/t14-,16-/m1/s1. The van der Waals surface area contributed by atoms with E-state index in [1.165, 1.54) is 17.5 Å². The first-order valence-electron chi connectivity index (χ1n) is 9.62. The fourth-order valence-corrected chi connectivity index (χ4v) is 5.35. The minimum Gasteiger partial charge on any atom is -0.495 e. The third-order valence-corrected chi connectivity index (χ3v) is 7.37. The van der Waals surface area contributed by atoms with Crippen LogP contribution in [0.25, 0.3) is 0 Å². The number of amides is 1. The summed E-state index contributed by atoms with van der Waals surface area (Å²) in [7, 11) is -2.68. The second kappa shape index (κ2) is 9.32. The first-order valence-corrected chi connectivity index (χ1v) is 11.4. The largest absolute Gasteiger partial charge is 0.495 e. The molecule has 162 valence electrons. The molecule has 0 aromatic heterocycles. The normalized spacial score (nSPS) is 18.6. The number of sulfonamides is 1. The Kier molecular flexibility index (Phi) is 7.00. The number of halogens is 2. The third-order valence-electron chi connectivity index (χ3n) is 5.23. The molecule has 2 aromatic carbocycles. The van der Waals surface area contributed by atoms with E-state index in [2.05, 4.69) is 5.32 Å². The van der Waals surface area contributed by atoms with Crippen molar-refractivity contribution >= 4 is 27.5 Å². The van der Waals surface area contributed by atoms with E-state index in [1.807, 2.05) is 19.1 Å². The number of carbonyl (C=O) groups is 1. The fourth-order valence-electron chi connectivity index (χ4n) is 3.53. The van der Waals surface area contributed by atoms with Gasteiger partial charge in [0.25, 0.3) is 0 Å². The van der Waals surface area contributed by atoms with Crippen LogP contribution in [0, 0.1) is 11.7 Å². The molecule has 0 aliphatic carbocycles. The van der Waals surface area contributed by atoms with Crippen LogP contribution in [0.3, 0.4) is 0 Å². The predicted octanol–water partition coefficient (Wildman–Crippen LogP) is 3.77. The number of benzene rings is 2. The lowest BCUT2D eigenvalue weighted by atomic mass is 9.98. The van der Waals surface area contributed by atoms with Crippen molar-refractivity contribution in [2.45, 2.75) is 30.7 Å². The first kappa shape index (κ1) is 22.5. The van der Waals surface area contributed by atoms with E-state index in [4.69, 9.17) is 16.3 Å². The van der Waals surface area contributed by atoms with Crippen LogP contribution in [0.1, 0.15) is 31.4 Å². The number of rotatable bonds is 6. The number of ether oxygens (including phenoxy) is 1. The summed E-state index contributed by atoms with van der Waals surface area (Å²) >= 11 is 5.90. The first-order chi connectivity index (χ1) is 14.2. The van der Waals surface area contributed by atoms with Gasteiger partial charge in [0, 0.05) is 18.1 Å². The van der Waals surface area contributed by atoms with Crippen molar-refractivity contribution in [2.24, 2.45) is 5.92 Å². The van der Waals surface area contributed by atoms with Crippen LogP contribution < -0.4 is 10.1 Å². The Morgan fingerprint density at radius 2 is 1.97 bits per heavy atom. The lowest BCUT2D eigenvalue weighted by molar-refractivity contribution is -0.126. The van der Waals surface area contributed by atoms with Crippen LogP contribution in [0.2, 0.25) is 5.02 Å². The van der Waals surface area contributed by atoms with Crippen LogP contribution >= 0.6 is 11.6 Å². The number of carbonyl (C=O) groups excluding carboxylic acids is 1. The summed E-state index contributed by atoms with van der Waals surface area (Å²) in [4.78, 5) is 12.6. The molecule has 1 heterocycles. The molecule has 0 unspecified atom stereocenters. The molecule has 2 aromatic rings. The summed E-state index contributed by atoms with van der Waals surface area (Å²) < 4.78 is 46.2. The maximum Gasteiger partial charge on any atom is 0.246 e. The Balaban J connectivity index is 1.73. The molecule has 2 atom stereocenters. The molecule has 1 saturated heterocycles. The van der Waals surface area contributed by atoms with Gasteiger partial charge in [0.1, 0.15) is 16.5 Å². The van der Waals surface area contributed by atoms with E-state index in [0.29, 0.717) is 17.9 Å². The molecule has 6 nitrogen and oxygen atoms in total. The zero-order chi connectivity index (χ0) is 21.9. The van der Waals surface area contributed by atoms with Crippen molar-refractivity contribution in [2.75, 3.05) is 20.2 Å². The Bertz CT molecular complexity index is 1010. The molecular formula is C21H24ClFN2O4S. The molecule has 0 bridgehead atoms. The van der Waals surface area contributed by atoms with Crippen LogP contribution in [0.5, 0.6) is 5.75 Å². The van der Waals surface area contributed by atoms with Gasteiger partial charge in [-0.3, -0.25) is 4.79 Å². The van der Waals surface area contributed by atoms with Gasteiger partial charge in [-0.05, 0) is 55.7 Å². The molecule has 3 rings (SSSR count). The van der Waals surface area contributed by atoms with Gasteiger partial charge in [0.2, 0.25) is 15.9 Å². The summed E-state index contributed by atoms with van der Waals surface area (Å²) in [5.74, 6) is -1.32. The predicted molar refractivity (Wildman–Crippen MR) is 112 cm³/mol. The topological polar surface area (TPSA) is 75.7 Å². The quantitative estimate of drug-likeness (QED) is 0.721. The molecule has 0 saturated carbocycles. The Morgan fingerprint density at radius 3 is 2.63 bits per heavy atom. The highest BCUT2D eigenvalue weighted by molar-refractivity contribution is 7.89. The Labute approximate surface area is 181 Å². The molecule has 1 amide bonds. The van der Waals surface area contributed by atoms with Gasteiger partial charge < -0.3 is 10.1 Å². The van der Waals surface area contributed by atoms with Crippen molar-refractivity contribution < 1.29 is 22.3 Å². The van der Waals surface area contributed by atoms with E-state index in [0.717, 1.165) is 17.7 Å². The lowest BCUT2D eigenvalue weighted by Crippen LogP contribution is -2.45. The second-order valence-corrected chi connectivity index (χ2v) is 9.62. The number of hydrogen-bond acceptors (Lipinski definition) is 4. The minimum absolute atomic E-state index is 0.0289. The van der Waals surface area contributed by atoms with E-state index >= 15 is 0 Å². The average Bonchev–Trinajstić information content (AvgIpc) is 2.74. The highest BCUT2D eigenvalue weighted by Gasteiger charge is 2.35. The van der Waals surface area contributed by atoms with Gasteiger partial charge in [0.05, 0.1) is 19.1 Å². The van der Waals surface area contributed by atoms with Crippen molar-refractivity contribution in [3.63, 3.8) is 0 Å². The minimum atomic E-state index is -4.01. The maximum absolute atomic E-state index is 13.7. The van der Waals surface area contributed by atoms with Gasteiger partial charge in [0.15, 0.2) is 0 Å². The monoisotopic (exact) mass is 454 g/mol. The van der Waals surface area contributed by atoms with Crippen molar-refractivity contribution in [1.82, 2.24) is 9.62 Å².